The van der Waals surface area contributed by atoms with E-state index in [1.165, 1.54) is 4.31 Å². The van der Waals surface area contributed by atoms with Gasteiger partial charge in [0, 0.05) is 39.8 Å². The van der Waals surface area contributed by atoms with Crippen molar-refractivity contribution in [3.8, 4) is 0 Å². The molecule has 1 aromatic carbocycles. The van der Waals surface area contributed by atoms with Gasteiger partial charge in [-0.25, -0.2) is 8.42 Å². The number of sulfonamides is 1. The van der Waals surface area contributed by atoms with Crippen molar-refractivity contribution in [2.24, 2.45) is 0 Å². The summed E-state index contributed by atoms with van der Waals surface area (Å²) in [5.41, 5.74) is 0.711. The third-order valence-electron chi connectivity index (χ3n) is 3.41. The van der Waals surface area contributed by atoms with E-state index in [1.807, 2.05) is 30.3 Å². The van der Waals surface area contributed by atoms with Crippen molar-refractivity contribution in [2.75, 3.05) is 49.8 Å². The molecular formula is C13H21N3O2S. The monoisotopic (exact) mass is 283 g/mol. The van der Waals surface area contributed by atoms with Crippen LogP contribution < -0.4 is 9.62 Å². The van der Waals surface area contributed by atoms with Gasteiger partial charge in [0.25, 0.3) is 0 Å². The zero-order valence-electron chi connectivity index (χ0n) is 11.2. The number of nitrogens with one attached hydrogen (secondary N) is 1. The maximum absolute atomic E-state index is 12.3. The summed E-state index contributed by atoms with van der Waals surface area (Å²) in [5.74, 6) is 0.165. The van der Waals surface area contributed by atoms with Gasteiger partial charge in [-0.15, -0.1) is 0 Å². The molecule has 106 valence electrons. The Bertz CT molecular complexity index is 484. The maximum Gasteiger partial charge on any atom is 0.236 e. The first kappa shape index (κ1) is 14.3. The molecule has 5 nitrogen and oxygen atoms in total. The third-order valence-corrected chi connectivity index (χ3v) is 5.16. The minimum Gasteiger partial charge on any atom is -0.314 e. The van der Waals surface area contributed by atoms with Crippen molar-refractivity contribution in [3.05, 3.63) is 30.3 Å². The second-order valence-corrected chi connectivity index (χ2v) is 6.83. The molecule has 0 amide bonds. The van der Waals surface area contributed by atoms with Crippen molar-refractivity contribution in [1.82, 2.24) is 10.2 Å². The number of anilines is 1. The normalized spacial score (nSPS) is 17.3. The molecule has 0 radical (unpaired) electrons. The second-order valence-electron chi connectivity index (χ2n) is 4.71. The zero-order chi connectivity index (χ0) is 13.7. The highest BCUT2D eigenvalue weighted by atomic mass is 32.2. The first-order valence-electron chi connectivity index (χ1n) is 6.54. The Morgan fingerprint density at radius 2 is 1.84 bits per heavy atom. The summed E-state index contributed by atoms with van der Waals surface area (Å²) >= 11 is 0. The fourth-order valence-electron chi connectivity index (χ4n) is 2.11. The van der Waals surface area contributed by atoms with Crippen molar-refractivity contribution in [3.63, 3.8) is 0 Å². The molecule has 0 bridgehead atoms. The molecule has 0 saturated carbocycles. The Balaban J connectivity index is 1.94. The lowest BCUT2D eigenvalue weighted by Gasteiger charge is -2.28. The lowest BCUT2D eigenvalue weighted by Crippen LogP contribution is -2.46. The molecule has 0 spiro atoms. The fraction of sp³-hybridized carbons (Fsp3) is 0.538. The van der Waals surface area contributed by atoms with Gasteiger partial charge in [-0.3, -0.25) is 9.21 Å². The molecule has 1 heterocycles. The number of rotatable bonds is 5. The maximum atomic E-state index is 12.3. The summed E-state index contributed by atoms with van der Waals surface area (Å²) in [6.45, 7) is 4.32. The molecule has 6 heteroatoms. The van der Waals surface area contributed by atoms with Gasteiger partial charge in [-0.1, -0.05) is 18.2 Å². The zero-order valence-corrected chi connectivity index (χ0v) is 12.1. The first-order chi connectivity index (χ1) is 9.09. The fourth-order valence-corrected chi connectivity index (χ4v) is 3.32. The van der Waals surface area contributed by atoms with Gasteiger partial charge in [-0.05, 0) is 12.1 Å². The van der Waals surface area contributed by atoms with E-state index in [0.717, 1.165) is 26.2 Å². The number of hydrogen-bond donors (Lipinski definition) is 1. The van der Waals surface area contributed by atoms with Gasteiger partial charge >= 0.3 is 0 Å². The quantitative estimate of drug-likeness (QED) is 0.848. The Hall–Kier alpha value is -1.11. The van der Waals surface area contributed by atoms with Crippen LogP contribution in [0.2, 0.25) is 0 Å². The van der Waals surface area contributed by atoms with Crippen molar-refractivity contribution in [2.45, 2.75) is 0 Å². The molecular weight excluding hydrogens is 262 g/mol. The van der Waals surface area contributed by atoms with Crippen LogP contribution in [-0.4, -0.2) is 58.8 Å². The van der Waals surface area contributed by atoms with Crippen molar-refractivity contribution in [1.29, 1.82) is 0 Å². The van der Waals surface area contributed by atoms with Crippen molar-refractivity contribution >= 4 is 15.7 Å². The average molecular weight is 283 g/mol. The standard InChI is InChI=1S/C13H21N3O2S/c1-15(13-5-3-2-4-6-13)19(17,18)12-11-16-9-7-14-8-10-16/h2-6,14H,7-12H2,1H3. The minimum absolute atomic E-state index is 0.165. The van der Waals surface area contributed by atoms with Crippen LogP contribution in [0.25, 0.3) is 0 Å². The molecule has 1 fully saturated rings. The number of piperazine rings is 1. The van der Waals surface area contributed by atoms with Crippen LogP contribution in [0.4, 0.5) is 5.69 Å². The number of benzene rings is 1. The van der Waals surface area contributed by atoms with Gasteiger partial charge in [0.1, 0.15) is 0 Å². The van der Waals surface area contributed by atoms with Crippen LogP contribution in [0.5, 0.6) is 0 Å². The van der Waals surface area contributed by atoms with E-state index in [2.05, 4.69) is 10.2 Å². The van der Waals surface area contributed by atoms with E-state index in [4.69, 9.17) is 0 Å². The highest BCUT2D eigenvalue weighted by molar-refractivity contribution is 7.92. The summed E-state index contributed by atoms with van der Waals surface area (Å²) in [7, 11) is -1.63. The Kier molecular flexibility index (Phi) is 4.79. The first-order valence-corrected chi connectivity index (χ1v) is 8.15. The number of para-hydroxylation sites is 1. The van der Waals surface area contributed by atoms with E-state index in [-0.39, 0.29) is 5.75 Å². The lowest BCUT2D eigenvalue weighted by molar-refractivity contribution is 0.254. The van der Waals surface area contributed by atoms with Crippen LogP contribution >= 0.6 is 0 Å². The number of hydrogen-bond acceptors (Lipinski definition) is 4. The predicted octanol–water partition coefficient (Wildman–Crippen LogP) is 0.358. The summed E-state index contributed by atoms with van der Waals surface area (Å²) < 4.78 is 25.9. The second kappa shape index (κ2) is 6.36. The predicted molar refractivity (Wildman–Crippen MR) is 77.9 cm³/mol. The molecule has 1 aliphatic rings. The van der Waals surface area contributed by atoms with Crippen LogP contribution in [0, 0.1) is 0 Å². The van der Waals surface area contributed by atoms with Gasteiger partial charge in [0.2, 0.25) is 10.0 Å². The van der Waals surface area contributed by atoms with E-state index < -0.39 is 10.0 Å². The molecule has 0 aliphatic carbocycles. The Morgan fingerprint density at radius 3 is 2.47 bits per heavy atom. The summed E-state index contributed by atoms with van der Waals surface area (Å²) in [6.07, 6.45) is 0. The molecule has 1 aliphatic heterocycles. The molecule has 1 N–H and O–H groups in total. The molecule has 0 unspecified atom stereocenters. The van der Waals surface area contributed by atoms with E-state index in [0.29, 0.717) is 12.2 Å². The van der Waals surface area contributed by atoms with E-state index in [1.54, 1.807) is 7.05 Å². The summed E-state index contributed by atoms with van der Waals surface area (Å²) in [5, 5.41) is 3.26. The topological polar surface area (TPSA) is 52.7 Å². The van der Waals surface area contributed by atoms with Crippen LogP contribution in [0.3, 0.4) is 0 Å². The molecule has 0 atom stereocenters. The molecule has 2 rings (SSSR count). The van der Waals surface area contributed by atoms with Gasteiger partial charge in [0.15, 0.2) is 0 Å². The molecule has 19 heavy (non-hydrogen) atoms. The molecule has 1 aromatic rings. The van der Waals surface area contributed by atoms with Crippen LogP contribution in [0.15, 0.2) is 30.3 Å². The molecule has 0 aromatic heterocycles. The molecule has 1 saturated heterocycles. The smallest absolute Gasteiger partial charge is 0.236 e. The summed E-state index contributed by atoms with van der Waals surface area (Å²) in [6, 6.07) is 9.19. The van der Waals surface area contributed by atoms with Gasteiger partial charge < -0.3 is 5.32 Å². The van der Waals surface area contributed by atoms with E-state index in [9.17, 15) is 8.42 Å². The van der Waals surface area contributed by atoms with Gasteiger partial charge in [0.05, 0.1) is 11.4 Å². The Morgan fingerprint density at radius 1 is 1.21 bits per heavy atom. The number of nitrogens with zero attached hydrogens (tertiary/aromatic N) is 2. The van der Waals surface area contributed by atoms with Gasteiger partial charge in [-0.2, -0.15) is 0 Å². The average Bonchev–Trinajstić information content (AvgIpc) is 2.46. The SMILES string of the molecule is CN(c1ccccc1)S(=O)(=O)CCN1CCNCC1. The van der Waals surface area contributed by atoms with E-state index >= 15 is 0 Å². The van der Waals surface area contributed by atoms with Crippen LogP contribution in [-0.2, 0) is 10.0 Å². The highest BCUT2D eigenvalue weighted by Crippen LogP contribution is 2.15. The third kappa shape index (κ3) is 3.92. The van der Waals surface area contributed by atoms with Crippen molar-refractivity contribution < 1.29 is 8.42 Å². The minimum atomic E-state index is -3.24. The highest BCUT2D eigenvalue weighted by Gasteiger charge is 2.20. The summed E-state index contributed by atoms with van der Waals surface area (Å²) in [4.78, 5) is 2.19. The lowest BCUT2D eigenvalue weighted by atomic mass is 10.3. The Labute approximate surface area is 115 Å². The van der Waals surface area contributed by atoms with Crippen LogP contribution in [0.1, 0.15) is 0 Å². The largest absolute Gasteiger partial charge is 0.314 e.